The fourth-order valence-corrected chi connectivity index (χ4v) is 7.18. The van der Waals surface area contributed by atoms with E-state index in [0.29, 0.717) is 12.8 Å². The number of hydrogen-bond donors (Lipinski definition) is 0. The number of unbranched alkanes of at least 4 members (excludes halogenated alkanes) is 27. The number of aliphatic carboxylic acids is 1. The molecule has 330 valence electrons. The van der Waals surface area contributed by atoms with Gasteiger partial charge in [-0.3, -0.25) is 9.59 Å². The topological polar surface area (TPSA) is 102 Å². The summed E-state index contributed by atoms with van der Waals surface area (Å²) < 4.78 is 17.2. The molecule has 0 fully saturated rings. The molecule has 0 aromatic carbocycles. The molecule has 0 amide bonds. The monoisotopic (exact) mass is 794 g/mol. The van der Waals surface area contributed by atoms with E-state index in [2.05, 4.69) is 26.0 Å². The van der Waals surface area contributed by atoms with Crippen molar-refractivity contribution in [3.05, 3.63) is 12.2 Å². The Balaban J connectivity index is 4.22. The third-order valence-electron chi connectivity index (χ3n) is 10.9. The van der Waals surface area contributed by atoms with Gasteiger partial charge in [-0.25, -0.2) is 0 Å². The number of carbonyl (C=O) groups is 3. The molecular weight excluding hydrogens is 703 g/mol. The number of ether oxygens (including phenoxy) is 3. The smallest absolute Gasteiger partial charge is 0.306 e. The maximum Gasteiger partial charge on any atom is 0.306 e. The Morgan fingerprint density at radius 3 is 1.29 bits per heavy atom. The SMILES string of the molecule is CCCCCCCCCCCC/C=C/CCCCCCCCCC(=O)OC(COCCC(C(=O)[O-])[N+](C)(C)C)COC(=O)CCCCCCCCCCCCC. The molecule has 0 heterocycles. The van der Waals surface area contributed by atoms with Crippen LogP contribution in [0.25, 0.3) is 0 Å². The van der Waals surface area contributed by atoms with E-state index in [4.69, 9.17) is 14.2 Å². The van der Waals surface area contributed by atoms with Crippen LogP contribution in [0.15, 0.2) is 12.2 Å². The summed E-state index contributed by atoms with van der Waals surface area (Å²) in [6.07, 6.45) is 42.4. The number of quaternary nitrogens is 1. The minimum Gasteiger partial charge on any atom is -0.544 e. The summed E-state index contributed by atoms with van der Waals surface area (Å²) in [6, 6.07) is -0.722. The first-order valence-corrected chi connectivity index (χ1v) is 23.7. The first kappa shape index (κ1) is 54.1. The summed E-state index contributed by atoms with van der Waals surface area (Å²) >= 11 is 0. The van der Waals surface area contributed by atoms with E-state index in [0.717, 1.165) is 38.5 Å². The number of carbonyl (C=O) groups excluding carboxylic acids is 3. The highest BCUT2D eigenvalue weighted by atomic mass is 16.6. The van der Waals surface area contributed by atoms with Crippen molar-refractivity contribution in [2.45, 2.75) is 238 Å². The van der Waals surface area contributed by atoms with Crippen molar-refractivity contribution in [1.82, 2.24) is 0 Å². The number of carboxylic acids is 1. The van der Waals surface area contributed by atoms with E-state index < -0.39 is 18.1 Å². The molecule has 0 saturated heterocycles. The van der Waals surface area contributed by atoms with Gasteiger partial charge in [-0.1, -0.05) is 180 Å². The fraction of sp³-hybridized carbons (Fsp3) is 0.896. The minimum absolute atomic E-state index is 0.0445. The molecule has 0 spiro atoms. The van der Waals surface area contributed by atoms with Crippen molar-refractivity contribution in [2.75, 3.05) is 41.0 Å². The first-order valence-electron chi connectivity index (χ1n) is 23.7. The Kier molecular flexibility index (Phi) is 38.5. The molecule has 8 heteroatoms. The second kappa shape index (κ2) is 39.9. The summed E-state index contributed by atoms with van der Waals surface area (Å²) in [5.41, 5.74) is 0. The van der Waals surface area contributed by atoms with Crippen molar-refractivity contribution in [1.29, 1.82) is 0 Å². The maximum atomic E-state index is 12.7. The predicted octanol–water partition coefficient (Wildman–Crippen LogP) is 11.8. The van der Waals surface area contributed by atoms with Crippen molar-refractivity contribution in [3.63, 3.8) is 0 Å². The highest BCUT2D eigenvalue weighted by molar-refractivity contribution is 5.70. The lowest BCUT2D eigenvalue weighted by atomic mass is 10.1. The first-order chi connectivity index (χ1) is 27.1. The fourth-order valence-electron chi connectivity index (χ4n) is 7.18. The van der Waals surface area contributed by atoms with Crippen LogP contribution in [0.5, 0.6) is 0 Å². The van der Waals surface area contributed by atoms with Gasteiger partial charge >= 0.3 is 11.9 Å². The lowest BCUT2D eigenvalue weighted by molar-refractivity contribution is -0.889. The Labute approximate surface area is 346 Å². The van der Waals surface area contributed by atoms with Gasteiger partial charge in [0.25, 0.3) is 0 Å². The lowest BCUT2D eigenvalue weighted by Crippen LogP contribution is -2.55. The minimum atomic E-state index is -1.12. The molecule has 0 aliphatic heterocycles. The van der Waals surface area contributed by atoms with Crippen molar-refractivity contribution >= 4 is 17.9 Å². The molecule has 0 aromatic heterocycles. The molecule has 0 rings (SSSR count). The Morgan fingerprint density at radius 1 is 0.518 bits per heavy atom. The van der Waals surface area contributed by atoms with Gasteiger partial charge in [-0.15, -0.1) is 0 Å². The van der Waals surface area contributed by atoms with E-state index in [1.165, 1.54) is 154 Å². The van der Waals surface area contributed by atoms with E-state index in [9.17, 15) is 19.5 Å². The van der Waals surface area contributed by atoms with Crippen molar-refractivity contribution < 1.29 is 38.2 Å². The lowest BCUT2D eigenvalue weighted by Gasteiger charge is -2.34. The average Bonchev–Trinajstić information content (AvgIpc) is 3.15. The van der Waals surface area contributed by atoms with Crippen LogP contribution in [-0.4, -0.2) is 75.5 Å². The molecular formula is C48H91NO7. The zero-order chi connectivity index (χ0) is 41.4. The molecule has 0 saturated carbocycles. The molecule has 2 atom stereocenters. The normalized spacial score (nSPS) is 12.9. The molecule has 0 aromatic rings. The molecule has 0 bridgehead atoms. The van der Waals surface area contributed by atoms with Crippen LogP contribution in [0.4, 0.5) is 0 Å². The third kappa shape index (κ3) is 37.6. The van der Waals surface area contributed by atoms with Crippen molar-refractivity contribution in [3.8, 4) is 0 Å². The van der Waals surface area contributed by atoms with Gasteiger partial charge < -0.3 is 28.6 Å². The Bertz CT molecular complexity index is 931. The largest absolute Gasteiger partial charge is 0.544 e. The van der Waals surface area contributed by atoms with Crippen LogP contribution < -0.4 is 5.11 Å². The van der Waals surface area contributed by atoms with Gasteiger partial charge in [0, 0.05) is 19.3 Å². The predicted molar refractivity (Wildman–Crippen MR) is 231 cm³/mol. The highest BCUT2D eigenvalue weighted by Gasteiger charge is 2.25. The number of allylic oxidation sites excluding steroid dienone is 2. The highest BCUT2D eigenvalue weighted by Crippen LogP contribution is 2.15. The van der Waals surface area contributed by atoms with Gasteiger partial charge in [0.05, 0.1) is 40.3 Å². The van der Waals surface area contributed by atoms with Crippen LogP contribution in [0.2, 0.25) is 0 Å². The molecule has 0 N–H and O–H groups in total. The van der Waals surface area contributed by atoms with E-state index in [1.54, 1.807) is 21.1 Å². The quantitative estimate of drug-likeness (QED) is 0.0262. The van der Waals surface area contributed by atoms with Gasteiger partial charge in [0.2, 0.25) is 0 Å². The summed E-state index contributed by atoms with van der Waals surface area (Å²) in [4.78, 5) is 36.8. The Hall–Kier alpha value is -1.93. The van der Waals surface area contributed by atoms with Gasteiger partial charge in [0.1, 0.15) is 12.6 Å². The molecule has 0 radical (unpaired) electrons. The average molecular weight is 794 g/mol. The number of nitrogens with zero attached hydrogens (tertiary/aromatic N) is 1. The van der Waals surface area contributed by atoms with E-state index >= 15 is 0 Å². The molecule has 0 aliphatic rings. The number of carboxylic acid groups (broad SMARTS) is 1. The zero-order valence-corrected chi connectivity index (χ0v) is 37.6. The van der Waals surface area contributed by atoms with Gasteiger partial charge in [-0.05, 0) is 38.5 Å². The summed E-state index contributed by atoms with van der Waals surface area (Å²) in [5.74, 6) is -1.73. The third-order valence-corrected chi connectivity index (χ3v) is 10.9. The standard InChI is InChI=1S/C48H91NO7/c1-6-8-10-12-14-16-18-19-20-21-22-23-24-25-26-27-29-31-33-35-37-39-47(51)56-44(42-54-41-40-45(48(52)53)49(3,4)5)43-55-46(50)38-36-34-32-30-28-17-15-13-11-9-7-2/h23-24,44-45H,6-22,25-43H2,1-5H3/b24-23+. The summed E-state index contributed by atoms with van der Waals surface area (Å²) in [7, 11) is 5.41. The molecule has 0 aliphatic carbocycles. The summed E-state index contributed by atoms with van der Waals surface area (Å²) in [6.45, 7) is 4.68. The number of likely N-dealkylation sites (N-methyl/N-ethyl adjacent to an activating group) is 1. The van der Waals surface area contributed by atoms with Crippen LogP contribution in [-0.2, 0) is 28.6 Å². The van der Waals surface area contributed by atoms with Crippen LogP contribution in [0.1, 0.15) is 226 Å². The zero-order valence-electron chi connectivity index (χ0n) is 37.6. The van der Waals surface area contributed by atoms with Crippen LogP contribution in [0, 0.1) is 0 Å². The number of hydrogen-bond acceptors (Lipinski definition) is 7. The molecule has 2 unspecified atom stereocenters. The summed E-state index contributed by atoms with van der Waals surface area (Å²) in [5, 5.41) is 11.6. The second-order valence-corrected chi connectivity index (χ2v) is 17.4. The van der Waals surface area contributed by atoms with Crippen LogP contribution >= 0.6 is 0 Å². The second-order valence-electron chi connectivity index (χ2n) is 17.4. The molecule has 8 nitrogen and oxygen atoms in total. The molecule has 56 heavy (non-hydrogen) atoms. The Morgan fingerprint density at radius 2 is 0.893 bits per heavy atom. The van der Waals surface area contributed by atoms with Crippen molar-refractivity contribution in [2.24, 2.45) is 0 Å². The van der Waals surface area contributed by atoms with E-state index in [1.807, 2.05) is 0 Å². The van der Waals surface area contributed by atoms with Crippen LogP contribution in [0.3, 0.4) is 0 Å². The van der Waals surface area contributed by atoms with E-state index in [-0.39, 0.29) is 42.7 Å². The van der Waals surface area contributed by atoms with Gasteiger partial charge in [-0.2, -0.15) is 0 Å². The maximum absolute atomic E-state index is 12.7. The number of esters is 2. The van der Waals surface area contributed by atoms with Gasteiger partial charge in [0.15, 0.2) is 6.10 Å². The number of rotatable bonds is 43.